The van der Waals surface area contributed by atoms with Gasteiger partial charge in [0, 0.05) is 39.8 Å². The van der Waals surface area contributed by atoms with Crippen LogP contribution in [0.15, 0.2) is 42.5 Å². The molecule has 1 aliphatic heterocycles. The van der Waals surface area contributed by atoms with Crippen molar-refractivity contribution in [3.05, 3.63) is 71.0 Å². The van der Waals surface area contributed by atoms with E-state index in [9.17, 15) is 23.1 Å². The number of hydrogen-bond donors (Lipinski definition) is 3. The van der Waals surface area contributed by atoms with Crippen LogP contribution in [0.4, 0.5) is 23.8 Å². The van der Waals surface area contributed by atoms with Crippen molar-refractivity contribution < 1.29 is 37.3 Å². The Hall–Kier alpha value is -3.65. The molecule has 3 atom stereocenters. The first-order chi connectivity index (χ1) is 19.7. The van der Waals surface area contributed by atoms with Gasteiger partial charge in [-0.2, -0.15) is 0 Å². The Kier molecular flexibility index (Phi) is 10.2. The third-order valence-electron chi connectivity index (χ3n) is 6.84. The fraction of sp³-hybridized carbons (Fsp3) is 0.429. The quantitative estimate of drug-likeness (QED) is 0.284. The molecule has 10 nitrogen and oxygen atoms in total. The molecule has 13 heteroatoms. The van der Waals surface area contributed by atoms with E-state index in [1.165, 1.54) is 11.8 Å². The van der Waals surface area contributed by atoms with Crippen LogP contribution < -0.4 is 15.4 Å². The second-order valence-electron chi connectivity index (χ2n) is 9.81. The maximum atomic E-state index is 14.1. The number of urea groups is 1. The Labute approximate surface area is 236 Å². The molecular formula is C28H34F3N5O5. The summed E-state index contributed by atoms with van der Waals surface area (Å²) >= 11 is 0. The van der Waals surface area contributed by atoms with Gasteiger partial charge in [0.1, 0.15) is 18.5 Å². The number of carbonyl (C=O) groups is 1. The molecule has 0 radical (unpaired) electrons. The molecule has 2 amide bonds. The molecule has 1 aliphatic rings. The first kappa shape index (κ1) is 30.3. The number of aromatic nitrogens is 2. The highest BCUT2D eigenvalue weighted by molar-refractivity contribution is 5.90. The number of anilines is 1. The van der Waals surface area contributed by atoms with Gasteiger partial charge in [-0.15, -0.1) is 5.10 Å². The number of aliphatic hydroxyl groups is 1. The molecule has 0 spiro atoms. The maximum absolute atomic E-state index is 14.1. The van der Waals surface area contributed by atoms with Crippen LogP contribution in [-0.2, 0) is 9.47 Å². The highest BCUT2D eigenvalue weighted by Crippen LogP contribution is 2.31. The molecule has 0 aliphatic carbocycles. The lowest BCUT2D eigenvalue weighted by Gasteiger charge is -2.21. The number of amides is 2. The molecule has 2 heterocycles. The number of benzene rings is 2. The topological polar surface area (TPSA) is 110 Å². The number of hydrogen-bond acceptors (Lipinski definition) is 7. The van der Waals surface area contributed by atoms with E-state index in [1.807, 2.05) is 23.1 Å². The van der Waals surface area contributed by atoms with Crippen LogP contribution in [-0.4, -0.2) is 91.6 Å². The lowest BCUT2D eigenvalue weighted by atomic mass is 9.94. The average molecular weight is 578 g/mol. The maximum Gasteiger partial charge on any atom is 0.320 e. The Morgan fingerprint density at radius 1 is 1.10 bits per heavy atom. The lowest BCUT2D eigenvalue weighted by Crippen LogP contribution is -2.42. The molecular weight excluding hydrogens is 543 g/mol. The van der Waals surface area contributed by atoms with E-state index in [0.717, 1.165) is 12.1 Å². The van der Waals surface area contributed by atoms with Crippen LogP contribution in [0.2, 0.25) is 0 Å². The van der Waals surface area contributed by atoms with Crippen LogP contribution in [0.3, 0.4) is 0 Å². The van der Waals surface area contributed by atoms with Crippen LogP contribution in [0.5, 0.6) is 5.88 Å². The molecule has 1 fully saturated rings. The monoisotopic (exact) mass is 577 g/mol. The predicted molar refractivity (Wildman–Crippen MR) is 145 cm³/mol. The van der Waals surface area contributed by atoms with Crippen molar-refractivity contribution in [1.29, 1.82) is 0 Å². The molecule has 2 aromatic carbocycles. The molecule has 1 aromatic heterocycles. The first-order valence-corrected chi connectivity index (χ1v) is 13.1. The summed E-state index contributed by atoms with van der Waals surface area (Å²) < 4.78 is 59.1. The lowest BCUT2D eigenvalue weighted by molar-refractivity contribution is 0.0311. The molecule has 3 N–H and O–H groups in total. The molecule has 4 rings (SSSR count). The van der Waals surface area contributed by atoms with Gasteiger partial charge < -0.3 is 24.6 Å². The average Bonchev–Trinajstić information content (AvgIpc) is 3.49. The fourth-order valence-electron chi connectivity index (χ4n) is 4.80. The molecule has 1 saturated heterocycles. The van der Waals surface area contributed by atoms with E-state index in [2.05, 4.69) is 15.7 Å². The number of halogens is 3. The smallest absolute Gasteiger partial charge is 0.320 e. The van der Waals surface area contributed by atoms with Crippen molar-refractivity contribution >= 4 is 11.8 Å². The van der Waals surface area contributed by atoms with Gasteiger partial charge in [-0.3, -0.25) is 10.2 Å². The Morgan fingerprint density at radius 2 is 1.80 bits per heavy atom. The van der Waals surface area contributed by atoms with E-state index < -0.39 is 41.5 Å². The minimum absolute atomic E-state index is 0.0715. The summed E-state index contributed by atoms with van der Waals surface area (Å²) in [5.41, 5.74) is 1.41. The third kappa shape index (κ3) is 7.36. The SMILES string of the molecule is COCCN1CC(NC(=O)Nc2c(C)c(OCC(O)COC)nn2-c2ccccc2)C(c2cc(F)c(F)c(F)c2)C1. The van der Waals surface area contributed by atoms with Crippen LogP contribution >= 0.6 is 0 Å². The summed E-state index contributed by atoms with van der Waals surface area (Å²) in [7, 11) is 3.03. The number of para-hydroxylation sites is 1. The normalized spacial score (nSPS) is 17.9. The largest absolute Gasteiger partial charge is 0.474 e. The van der Waals surface area contributed by atoms with Crippen molar-refractivity contribution in [2.24, 2.45) is 0 Å². The van der Waals surface area contributed by atoms with Gasteiger partial charge in [-0.25, -0.2) is 22.6 Å². The fourth-order valence-corrected chi connectivity index (χ4v) is 4.80. The minimum atomic E-state index is -1.54. The zero-order valence-electron chi connectivity index (χ0n) is 23.1. The first-order valence-electron chi connectivity index (χ1n) is 13.1. The van der Waals surface area contributed by atoms with E-state index in [-0.39, 0.29) is 24.7 Å². The number of aliphatic hydroxyl groups excluding tert-OH is 1. The van der Waals surface area contributed by atoms with Gasteiger partial charge in [0.25, 0.3) is 0 Å². The Bertz CT molecular complexity index is 1300. The predicted octanol–water partition coefficient (Wildman–Crippen LogP) is 3.22. The van der Waals surface area contributed by atoms with E-state index >= 15 is 0 Å². The summed E-state index contributed by atoms with van der Waals surface area (Å²) in [5, 5.41) is 20.2. The molecule has 0 bridgehead atoms. The second kappa shape index (κ2) is 13.8. The van der Waals surface area contributed by atoms with E-state index in [4.69, 9.17) is 14.2 Å². The number of methoxy groups -OCH3 is 2. The molecule has 0 saturated carbocycles. The van der Waals surface area contributed by atoms with Gasteiger partial charge in [0.05, 0.1) is 30.5 Å². The second-order valence-corrected chi connectivity index (χ2v) is 9.81. The minimum Gasteiger partial charge on any atom is -0.474 e. The van der Waals surface area contributed by atoms with Gasteiger partial charge in [0.15, 0.2) is 17.5 Å². The van der Waals surface area contributed by atoms with E-state index in [0.29, 0.717) is 43.3 Å². The van der Waals surface area contributed by atoms with E-state index in [1.54, 1.807) is 26.2 Å². The molecule has 3 unspecified atom stereocenters. The highest BCUT2D eigenvalue weighted by atomic mass is 19.2. The number of rotatable bonds is 12. The van der Waals surface area contributed by atoms with Crippen LogP contribution in [0.1, 0.15) is 17.0 Å². The number of ether oxygens (including phenoxy) is 3. The highest BCUT2D eigenvalue weighted by Gasteiger charge is 2.36. The van der Waals surface area contributed by atoms with Crippen LogP contribution in [0, 0.1) is 24.4 Å². The summed E-state index contributed by atoms with van der Waals surface area (Å²) in [4.78, 5) is 15.3. The van der Waals surface area contributed by atoms with Gasteiger partial charge in [0.2, 0.25) is 5.88 Å². The van der Waals surface area contributed by atoms with Crippen molar-refractivity contribution in [3.8, 4) is 11.6 Å². The molecule has 222 valence electrons. The zero-order chi connectivity index (χ0) is 29.5. The van der Waals surface area contributed by atoms with Gasteiger partial charge in [-0.1, -0.05) is 18.2 Å². The number of nitrogens with one attached hydrogen (secondary N) is 2. The van der Waals surface area contributed by atoms with Gasteiger partial charge >= 0.3 is 6.03 Å². The van der Waals surface area contributed by atoms with Crippen LogP contribution in [0.25, 0.3) is 5.69 Å². The standard InChI is InChI=1S/C28H34F3N5O5/c1-17-26(36(19-7-5-4-6-8-19)34-27(17)41-16-20(37)15-40-3)33-28(38)32-24-14-35(9-10-39-2)13-21(24)18-11-22(29)25(31)23(30)12-18/h4-8,11-12,20-21,24,37H,9-10,13-16H2,1-3H3,(H2,32,33,38). The Balaban J connectivity index is 1.57. The zero-order valence-corrected chi connectivity index (χ0v) is 23.1. The van der Waals surface area contributed by atoms with Crippen molar-refractivity contribution in [2.75, 3.05) is 59.0 Å². The summed E-state index contributed by atoms with van der Waals surface area (Å²) in [6, 6.07) is 9.88. The number of carbonyl (C=O) groups excluding carboxylic acids is 1. The summed E-state index contributed by atoms with van der Waals surface area (Å²) in [5.74, 6) is -4.09. The van der Waals surface area contributed by atoms with Crippen molar-refractivity contribution in [1.82, 2.24) is 20.0 Å². The number of nitrogens with zero attached hydrogens (tertiary/aromatic N) is 3. The van der Waals surface area contributed by atoms with Crippen molar-refractivity contribution in [2.45, 2.75) is 25.0 Å². The number of likely N-dealkylation sites (tertiary alicyclic amines) is 1. The van der Waals surface area contributed by atoms with Crippen molar-refractivity contribution in [3.63, 3.8) is 0 Å². The van der Waals surface area contributed by atoms with Gasteiger partial charge in [-0.05, 0) is 36.8 Å². The third-order valence-corrected chi connectivity index (χ3v) is 6.84. The Morgan fingerprint density at radius 3 is 2.46 bits per heavy atom. The molecule has 41 heavy (non-hydrogen) atoms. The molecule has 3 aromatic rings. The summed E-state index contributed by atoms with van der Waals surface area (Å²) in [6.07, 6.45) is -0.873. The summed E-state index contributed by atoms with van der Waals surface area (Å²) in [6.45, 7) is 3.45.